The molecule has 0 aliphatic rings. The third-order valence-corrected chi connectivity index (χ3v) is 2.47. The number of carbonyl (C=O) groups is 1. The molecule has 0 radical (unpaired) electrons. The number of hydrogen-bond donors (Lipinski definition) is 1. The number of amides is 1. The molecule has 0 spiro atoms. The van der Waals surface area contributed by atoms with Gasteiger partial charge in [0, 0.05) is 25.8 Å². The number of carbonyl (C=O) groups excluding carboxylic acids is 1. The van der Waals surface area contributed by atoms with Crippen molar-refractivity contribution in [3.63, 3.8) is 0 Å². The van der Waals surface area contributed by atoms with E-state index in [9.17, 15) is 9.18 Å². The predicted octanol–water partition coefficient (Wildman–Crippen LogP) is 1.04. The van der Waals surface area contributed by atoms with Gasteiger partial charge in [0.2, 0.25) is 0 Å². The molecule has 17 heavy (non-hydrogen) atoms. The van der Waals surface area contributed by atoms with Gasteiger partial charge < -0.3 is 15.5 Å². The topological polar surface area (TPSA) is 49.6 Å². The van der Waals surface area contributed by atoms with Crippen LogP contribution in [-0.2, 0) is 0 Å². The van der Waals surface area contributed by atoms with Gasteiger partial charge in [-0.25, -0.2) is 4.39 Å². The number of nitrogen functional groups attached to an aromatic ring is 1. The average molecular weight is 239 g/mol. The molecule has 2 N–H and O–H groups in total. The smallest absolute Gasteiger partial charge is 0.255 e. The number of nitrogens with zero attached hydrogens (tertiary/aromatic N) is 2. The Labute approximate surface area is 101 Å². The third kappa shape index (κ3) is 3.71. The fraction of sp³-hybridized carbons (Fsp3) is 0.417. The van der Waals surface area contributed by atoms with Crippen LogP contribution in [0.25, 0.3) is 0 Å². The molecule has 1 rings (SSSR count). The first-order chi connectivity index (χ1) is 7.91. The van der Waals surface area contributed by atoms with Crippen molar-refractivity contribution in [2.24, 2.45) is 0 Å². The van der Waals surface area contributed by atoms with Crippen LogP contribution in [0.1, 0.15) is 10.4 Å². The van der Waals surface area contributed by atoms with Crippen LogP contribution in [0, 0.1) is 5.82 Å². The highest BCUT2D eigenvalue weighted by atomic mass is 19.1. The summed E-state index contributed by atoms with van der Waals surface area (Å²) in [5, 5.41) is 0. The number of rotatable bonds is 4. The van der Waals surface area contributed by atoms with Crippen LogP contribution < -0.4 is 5.73 Å². The van der Waals surface area contributed by atoms with Gasteiger partial charge in [-0.05, 0) is 32.3 Å². The molecular weight excluding hydrogens is 221 g/mol. The second-order valence-electron chi connectivity index (χ2n) is 4.26. The maximum Gasteiger partial charge on any atom is 0.255 e. The van der Waals surface area contributed by atoms with E-state index in [4.69, 9.17) is 5.73 Å². The normalized spacial score (nSPS) is 10.6. The van der Waals surface area contributed by atoms with E-state index in [0.717, 1.165) is 12.6 Å². The van der Waals surface area contributed by atoms with Crippen molar-refractivity contribution in [2.45, 2.75) is 0 Å². The lowest BCUT2D eigenvalue weighted by atomic mass is 10.1. The van der Waals surface area contributed by atoms with E-state index in [2.05, 4.69) is 0 Å². The molecule has 0 atom stereocenters. The summed E-state index contributed by atoms with van der Waals surface area (Å²) in [6, 6.07) is 3.82. The monoisotopic (exact) mass is 239 g/mol. The summed E-state index contributed by atoms with van der Waals surface area (Å²) in [5.41, 5.74) is 6.13. The van der Waals surface area contributed by atoms with E-state index in [0.29, 0.717) is 12.1 Å². The Kier molecular flexibility index (Phi) is 4.45. The minimum Gasteiger partial charge on any atom is -0.398 e. The van der Waals surface area contributed by atoms with Crippen LogP contribution in [0.4, 0.5) is 10.1 Å². The van der Waals surface area contributed by atoms with Gasteiger partial charge in [0.1, 0.15) is 5.82 Å². The summed E-state index contributed by atoms with van der Waals surface area (Å²) in [7, 11) is 5.57. The van der Waals surface area contributed by atoms with Gasteiger partial charge >= 0.3 is 0 Å². The molecule has 94 valence electrons. The standard InChI is InChI=1S/C12H18FN3O/c1-15(2)6-7-16(3)12(17)10-5-4-9(13)8-11(10)14/h4-5,8H,6-7,14H2,1-3H3. The van der Waals surface area contributed by atoms with Crippen molar-refractivity contribution >= 4 is 11.6 Å². The van der Waals surface area contributed by atoms with E-state index in [1.165, 1.54) is 12.1 Å². The zero-order valence-electron chi connectivity index (χ0n) is 10.4. The summed E-state index contributed by atoms with van der Waals surface area (Å²) < 4.78 is 12.9. The Hall–Kier alpha value is -1.62. The maximum absolute atomic E-state index is 12.9. The van der Waals surface area contributed by atoms with Crippen LogP contribution >= 0.6 is 0 Å². The molecule has 0 aliphatic carbocycles. The second kappa shape index (κ2) is 5.63. The molecule has 0 unspecified atom stereocenters. The molecular formula is C12H18FN3O. The molecule has 0 heterocycles. The van der Waals surface area contributed by atoms with Gasteiger partial charge in [0.05, 0.1) is 5.56 Å². The number of benzene rings is 1. The Morgan fingerprint density at radius 1 is 1.29 bits per heavy atom. The van der Waals surface area contributed by atoms with Crippen molar-refractivity contribution in [3.05, 3.63) is 29.6 Å². The highest BCUT2D eigenvalue weighted by molar-refractivity contribution is 5.98. The minimum absolute atomic E-state index is 0.173. The number of hydrogen-bond acceptors (Lipinski definition) is 3. The average Bonchev–Trinajstić information content (AvgIpc) is 2.25. The SMILES string of the molecule is CN(C)CCN(C)C(=O)c1ccc(F)cc1N. The summed E-state index contributed by atoms with van der Waals surface area (Å²) in [6.07, 6.45) is 0. The Morgan fingerprint density at radius 3 is 2.47 bits per heavy atom. The molecule has 5 heteroatoms. The highest BCUT2D eigenvalue weighted by Gasteiger charge is 2.14. The molecule has 1 aromatic rings. The largest absolute Gasteiger partial charge is 0.398 e. The lowest BCUT2D eigenvalue weighted by Gasteiger charge is -2.20. The Bertz CT molecular complexity index is 407. The molecule has 1 aromatic carbocycles. The van der Waals surface area contributed by atoms with Crippen LogP contribution in [-0.4, -0.2) is 49.9 Å². The molecule has 0 saturated carbocycles. The van der Waals surface area contributed by atoms with E-state index in [-0.39, 0.29) is 11.6 Å². The lowest BCUT2D eigenvalue weighted by Crippen LogP contribution is -2.33. The fourth-order valence-corrected chi connectivity index (χ4v) is 1.39. The van der Waals surface area contributed by atoms with Crippen LogP contribution in [0.2, 0.25) is 0 Å². The van der Waals surface area contributed by atoms with Gasteiger partial charge in [0.15, 0.2) is 0 Å². The van der Waals surface area contributed by atoms with Gasteiger partial charge in [-0.3, -0.25) is 4.79 Å². The molecule has 0 aliphatic heterocycles. The second-order valence-corrected chi connectivity index (χ2v) is 4.26. The van der Waals surface area contributed by atoms with Crippen LogP contribution in [0.5, 0.6) is 0 Å². The third-order valence-electron chi connectivity index (χ3n) is 2.47. The first kappa shape index (κ1) is 13.4. The van der Waals surface area contributed by atoms with Gasteiger partial charge in [-0.1, -0.05) is 0 Å². The first-order valence-corrected chi connectivity index (χ1v) is 5.37. The Balaban J connectivity index is 2.75. The highest BCUT2D eigenvalue weighted by Crippen LogP contribution is 2.15. The van der Waals surface area contributed by atoms with Crippen molar-refractivity contribution in [3.8, 4) is 0 Å². The van der Waals surface area contributed by atoms with Gasteiger partial charge in [-0.15, -0.1) is 0 Å². The van der Waals surface area contributed by atoms with Crippen LogP contribution in [0.15, 0.2) is 18.2 Å². The van der Waals surface area contributed by atoms with Crippen molar-refractivity contribution in [2.75, 3.05) is 40.0 Å². The van der Waals surface area contributed by atoms with Crippen molar-refractivity contribution in [1.82, 2.24) is 9.80 Å². The van der Waals surface area contributed by atoms with E-state index < -0.39 is 5.82 Å². The zero-order chi connectivity index (χ0) is 13.0. The van der Waals surface area contributed by atoms with E-state index in [1.54, 1.807) is 11.9 Å². The van der Waals surface area contributed by atoms with E-state index in [1.807, 2.05) is 19.0 Å². The van der Waals surface area contributed by atoms with Gasteiger partial charge in [0.25, 0.3) is 5.91 Å². The zero-order valence-corrected chi connectivity index (χ0v) is 10.4. The fourth-order valence-electron chi connectivity index (χ4n) is 1.39. The quantitative estimate of drug-likeness (QED) is 0.799. The van der Waals surface area contributed by atoms with Crippen LogP contribution in [0.3, 0.4) is 0 Å². The molecule has 1 amide bonds. The summed E-state index contributed by atoms with van der Waals surface area (Å²) in [5.74, 6) is -0.626. The van der Waals surface area contributed by atoms with Gasteiger partial charge in [-0.2, -0.15) is 0 Å². The van der Waals surface area contributed by atoms with Crippen molar-refractivity contribution in [1.29, 1.82) is 0 Å². The summed E-state index contributed by atoms with van der Waals surface area (Å²) in [4.78, 5) is 15.6. The summed E-state index contributed by atoms with van der Waals surface area (Å²) >= 11 is 0. The van der Waals surface area contributed by atoms with Crippen molar-refractivity contribution < 1.29 is 9.18 Å². The first-order valence-electron chi connectivity index (χ1n) is 5.37. The molecule has 0 saturated heterocycles. The molecule has 0 fully saturated rings. The summed E-state index contributed by atoms with van der Waals surface area (Å²) in [6.45, 7) is 1.37. The number of halogens is 1. The van der Waals surface area contributed by atoms with E-state index >= 15 is 0 Å². The molecule has 0 aromatic heterocycles. The molecule has 0 bridgehead atoms. The number of likely N-dealkylation sites (N-methyl/N-ethyl adjacent to an activating group) is 2. The number of anilines is 1. The lowest BCUT2D eigenvalue weighted by molar-refractivity contribution is 0.0787. The molecule has 4 nitrogen and oxygen atoms in total. The maximum atomic E-state index is 12.9. The predicted molar refractivity (Wildman–Crippen MR) is 66.3 cm³/mol. The minimum atomic E-state index is -0.435. The number of nitrogens with two attached hydrogens (primary N) is 1. The Morgan fingerprint density at radius 2 is 1.94 bits per heavy atom.